The summed E-state index contributed by atoms with van der Waals surface area (Å²) in [6, 6.07) is 8.24. The van der Waals surface area contributed by atoms with Crippen molar-refractivity contribution in [1.82, 2.24) is 0 Å². The summed E-state index contributed by atoms with van der Waals surface area (Å²) < 4.78 is 5.87. The molecule has 6 heteroatoms. The Balaban J connectivity index is 2.30. The van der Waals surface area contributed by atoms with Gasteiger partial charge in [0.2, 0.25) is 11.2 Å². The zero-order valence-corrected chi connectivity index (χ0v) is 16.3. The lowest BCUT2D eigenvalue weighted by Crippen LogP contribution is -2.08. The van der Waals surface area contributed by atoms with Gasteiger partial charge in [-0.05, 0) is 44.5 Å². The lowest BCUT2D eigenvalue weighted by atomic mass is 10.0. The Morgan fingerprint density at radius 1 is 1.07 bits per heavy atom. The molecule has 1 aromatic heterocycles. The summed E-state index contributed by atoms with van der Waals surface area (Å²) in [6.45, 7) is 3.83. The molecule has 3 rings (SSSR count). The van der Waals surface area contributed by atoms with Crippen LogP contribution in [0.4, 0.5) is 5.69 Å². The van der Waals surface area contributed by atoms with Crippen molar-refractivity contribution in [3.05, 3.63) is 57.8 Å². The van der Waals surface area contributed by atoms with Crippen LogP contribution in [0.15, 0.2) is 51.2 Å². The molecule has 0 aliphatic heterocycles. The van der Waals surface area contributed by atoms with E-state index in [-0.39, 0.29) is 22.5 Å². The molecule has 28 heavy (non-hydrogen) atoms. The van der Waals surface area contributed by atoms with Gasteiger partial charge in [0.25, 0.3) is 0 Å². The molecule has 0 bridgehead atoms. The molecule has 0 amide bonds. The van der Waals surface area contributed by atoms with Gasteiger partial charge in [-0.1, -0.05) is 11.6 Å². The van der Waals surface area contributed by atoms with Gasteiger partial charge < -0.3 is 24.6 Å². The van der Waals surface area contributed by atoms with Gasteiger partial charge in [0, 0.05) is 37.0 Å². The van der Waals surface area contributed by atoms with E-state index in [0.29, 0.717) is 17.5 Å². The van der Waals surface area contributed by atoms with Crippen molar-refractivity contribution < 1.29 is 19.7 Å². The van der Waals surface area contributed by atoms with E-state index in [0.717, 1.165) is 17.3 Å². The number of hydrogen-bond donors (Lipinski definition) is 3. The van der Waals surface area contributed by atoms with Gasteiger partial charge in [0.05, 0.1) is 0 Å². The van der Waals surface area contributed by atoms with E-state index in [1.54, 1.807) is 12.1 Å². The lowest BCUT2D eigenvalue weighted by molar-refractivity contribution is 0.435. The fraction of sp³-hybridized carbons (Fsp3) is 0.227. The molecule has 6 nitrogen and oxygen atoms in total. The molecule has 0 fully saturated rings. The van der Waals surface area contributed by atoms with Gasteiger partial charge >= 0.3 is 0 Å². The first-order valence-corrected chi connectivity index (χ1v) is 8.85. The Morgan fingerprint density at radius 2 is 1.71 bits per heavy atom. The van der Waals surface area contributed by atoms with Crippen LogP contribution in [0.25, 0.3) is 22.3 Å². The molecule has 0 saturated heterocycles. The number of phenols is 2. The first-order valence-electron chi connectivity index (χ1n) is 8.85. The predicted octanol–water partition coefficient (Wildman–Crippen LogP) is 4.15. The van der Waals surface area contributed by atoms with Crippen LogP contribution in [0, 0.1) is 0 Å². The monoisotopic (exact) mass is 381 g/mol. The number of hydrogen-bond acceptors (Lipinski definition) is 6. The number of nitrogens with zero attached hydrogens (tertiary/aromatic N) is 1. The molecule has 3 N–H and O–H groups in total. The second-order valence-electron chi connectivity index (χ2n) is 7.13. The lowest BCUT2D eigenvalue weighted by Gasteiger charge is -2.14. The molecule has 1 heterocycles. The van der Waals surface area contributed by atoms with Crippen molar-refractivity contribution in [2.75, 3.05) is 19.0 Å². The van der Waals surface area contributed by atoms with Crippen LogP contribution in [0.1, 0.15) is 19.4 Å². The van der Waals surface area contributed by atoms with Gasteiger partial charge in [0.15, 0.2) is 5.76 Å². The molecule has 0 unspecified atom stereocenters. The topological polar surface area (TPSA) is 94.1 Å². The van der Waals surface area contributed by atoms with Crippen molar-refractivity contribution in [2.24, 2.45) is 0 Å². The fourth-order valence-corrected chi connectivity index (χ4v) is 2.99. The molecule has 0 saturated carbocycles. The first-order chi connectivity index (χ1) is 13.2. The largest absolute Gasteiger partial charge is 0.507 e. The van der Waals surface area contributed by atoms with E-state index < -0.39 is 16.9 Å². The third-order valence-electron chi connectivity index (χ3n) is 4.56. The molecular weight excluding hydrogens is 358 g/mol. The van der Waals surface area contributed by atoms with Crippen LogP contribution < -0.4 is 10.3 Å². The van der Waals surface area contributed by atoms with E-state index in [1.807, 2.05) is 51.1 Å². The number of allylic oxidation sites excluding steroid dienone is 2. The second kappa shape index (κ2) is 7.31. The molecule has 0 aliphatic rings. The molecule has 2 aromatic carbocycles. The van der Waals surface area contributed by atoms with E-state index in [9.17, 15) is 20.1 Å². The molecule has 0 spiro atoms. The van der Waals surface area contributed by atoms with Gasteiger partial charge in [-0.3, -0.25) is 4.79 Å². The van der Waals surface area contributed by atoms with E-state index >= 15 is 0 Å². The Hall–Kier alpha value is -3.41. The standard InChI is InChI=1S/C22H23NO5/c1-12(2)5-10-15-16(24)11-17(25)18-19(26)20(27)21(28-22(15)18)13-6-8-14(9-7-13)23(3)4/h5-9,11,24-25,27H,10H2,1-4H3. The third kappa shape index (κ3) is 3.41. The normalized spacial score (nSPS) is 10.9. The summed E-state index contributed by atoms with van der Waals surface area (Å²) in [5, 5.41) is 30.7. The maximum Gasteiger partial charge on any atom is 0.238 e. The number of fused-ring (bicyclic) bond motifs is 1. The van der Waals surface area contributed by atoms with Crippen molar-refractivity contribution in [2.45, 2.75) is 20.3 Å². The average Bonchev–Trinajstić information content (AvgIpc) is 2.63. The Bertz CT molecular complexity index is 1120. The molecule has 0 aliphatic carbocycles. The first kappa shape index (κ1) is 19.4. The summed E-state index contributed by atoms with van der Waals surface area (Å²) in [4.78, 5) is 14.7. The number of aromatic hydroxyl groups is 3. The van der Waals surface area contributed by atoms with Gasteiger partial charge in [-0.25, -0.2) is 0 Å². The summed E-state index contributed by atoms with van der Waals surface area (Å²) in [5.74, 6) is -1.21. The summed E-state index contributed by atoms with van der Waals surface area (Å²) >= 11 is 0. The number of benzene rings is 2. The maximum atomic E-state index is 12.7. The second-order valence-corrected chi connectivity index (χ2v) is 7.13. The van der Waals surface area contributed by atoms with Crippen molar-refractivity contribution in [3.8, 4) is 28.6 Å². The molecule has 0 atom stereocenters. The smallest absolute Gasteiger partial charge is 0.238 e. The van der Waals surface area contributed by atoms with Gasteiger partial charge in [-0.2, -0.15) is 0 Å². The molecule has 3 aromatic rings. The van der Waals surface area contributed by atoms with E-state index in [2.05, 4.69) is 0 Å². The van der Waals surface area contributed by atoms with Gasteiger partial charge in [0.1, 0.15) is 22.5 Å². The minimum absolute atomic E-state index is 0.00810. The maximum absolute atomic E-state index is 12.7. The van der Waals surface area contributed by atoms with Crippen LogP contribution in [-0.4, -0.2) is 29.4 Å². The Kier molecular flexibility index (Phi) is 5.05. The van der Waals surface area contributed by atoms with Gasteiger partial charge in [-0.15, -0.1) is 0 Å². The summed E-state index contributed by atoms with van der Waals surface area (Å²) in [7, 11) is 3.81. The molecular formula is C22H23NO5. The quantitative estimate of drug-likeness (QED) is 0.588. The number of rotatable bonds is 4. The van der Waals surface area contributed by atoms with Crippen molar-refractivity contribution in [1.29, 1.82) is 0 Å². The summed E-state index contributed by atoms with van der Waals surface area (Å²) in [6.07, 6.45) is 2.20. The third-order valence-corrected chi connectivity index (χ3v) is 4.56. The van der Waals surface area contributed by atoms with E-state index in [4.69, 9.17) is 4.42 Å². The van der Waals surface area contributed by atoms with Crippen LogP contribution in [0.3, 0.4) is 0 Å². The number of anilines is 1. The van der Waals surface area contributed by atoms with E-state index in [1.165, 1.54) is 0 Å². The highest BCUT2D eigenvalue weighted by molar-refractivity contribution is 5.91. The molecule has 146 valence electrons. The minimum Gasteiger partial charge on any atom is -0.507 e. The Labute approximate surface area is 162 Å². The fourth-order valence-electron chi connectivity index (χ4n) is 2.99. The average molecular weight is 381 g/mol. The Morgan fingerprint density at radius 3 is 2.29 bits per heavy atom. The minimum atomic E-state index is -0.746. The van der Waals surface area contributed by atoms with Crippen LogP contribution in [-0.2, 0) is 6.42 Å². The van der Waals surface area contributed by atoms with Crippen LogP contribution >= 0.6 is 0 Å². The number of phenolic OH excluding ortho intramolecular Hbond substituents is 2. The van der Waals surface area contributed by atoms with Crippen LogP contribution in [0.2, 0.25) is 0 Å². The summed E-state index contributed by atoms with van der Waals surface area (Å²) in [5.41, 5.74) is 2.18. The van der Waals surface area contributed by atoms with Crippen molar-refractivity contribution >= 4 is 16.7 Å². The predicted molar refractivity (Wildman–Crippen MR) is 110 cm³/mol. The van der Waals surface area contributed by atoms with Crippen molar-refractivity contribution in [3.63, 3.8) is 0 Å². The zero-order chi connectivity index (χ0) is 20.6. The highest BCUT2D eigenvalue weighted by Gasteiger charge is 2.22. The molecule has 0 radical (unpaired) electrons. The van der Waals surface area contributed by atoms with Crippen LogP contribution in [0.5, 0.6) is 17.2 Å². The highest BCUT2D eigenvalue weighted by atomic mass is 16.4. The highest BCUT2D eigenvalue weighted by Crippen LogP contribution is 2.38. The SMILES string of the molecule is CC(C)=CCc1c(O)cc(O)c2c(=O)c(O)c(-c3ccc(N(C)C)cc3)oc12. The zero-order valence-electron chi connectivity index (χ0n) is 16.3.